The van der Waals surface area contributed by atoms with Gasteiger partial charge in [-0.15, -0.1) is 0 Å². The number of thiol groups is 1. The van der Waals surface area contributed by atoms with E-state index in [1.807, 2.05) is 36.4 Å². The number of ether oxygens (including phenoxy) is 2. The van der Waals surface area contributed by atoms with Crippen LogP contribution in [0.2, 0.25) is 0 Å². The van der Waals surface area contributed by atoms with Crippen molar-refractivity contribution in [2.75, 3.05) is 32.8 Å². The van der Waals surface area contributed by atoms with Crippen LogP contribution in [0.15, 0.2) is 42.6 Å². The molecule has 2 aromatic heterocycles. The second kappa shape index (κ2) is 10.2. The molecule has 10 heteroatoms. The summed E-state index contributed by atoms with van der Waals surface area (Å²) in [5.41, 5.74) is 0.693. The molecule has 1 saturated heterocycles. The van der Waals surface area contributed by atoms with Gasteiger partial charge in [0, 0.05) is 19.3 Å². The van der Waals surface area contributed by atoms with Crippen molar-refractivity contribution < 1.29 is 17.9 Å². The van der Waals surface area contributed by atoms with Crippen molar-refractivity contribution in [1.29, 1.82) is 0 Å². The number of hydrogen-bond donors (Lipinski definition) is 2. The topological polar surface area (TPSA) is 93.7 Å². The summed E-state index contributed by atoms with van der Waals surface area (Å²) in [6.07, 6.45) is 3.73. The summed E-state index contributed by atoms with van der Waals surface area (Å²) in [5.74, 6) is 1.93. The van der Waals surface area contributed by atoms with Crippen LogP contribution in [-0.4, -0.2) is 56.1 Å². The first-order valence-electron chi connectivity index (χ1n) is 9.88. The Kier molecular flexibility index (Phi) is 7.11. The molecule has 3 heterocycles. The van der Waals surface area contributed by atoms with Crippen LogP contribution in [0.1, 0.15) is 12.8 Å². The molecule has 0 atom stereocenters. The molecule has 0 bridgehead atoms. The fourth-order valence-electron chi connectivity index (χ4n) is 3.41. The van der Waals surface area contributed by atoms with Gasteiger partial charge in [-0.1, -0.05) is 11.3 Å². The fourth-order valence-corrected chi connectivity index (χ4v) is 4.61. The Hall–Kier alpha value is -2.27. The fraction of sp³-hybridized carbons (Fsp3) is 0.400. The van der Waals surface area contributed by atoms with Crippen molar-refractivity contribution in [2.24, 2.45) is 5.92 Å². The highest BCUT2D eigenvalue weighted by Gasteiger charge is 2.18. The van der Waals surface area contributed by atoms with E-state index in [9.17, 15) is 8.42 Å². The molecule has 0 amide bonds. The minimum absolute atomic E-state index is 0.425. The molecule has 1 aromatic carbocycles. The zero-order valence-corrected chi connectivity index (χ0v) is 18.1. The van der Waals surface area contributed by atoms with Crippen LogP contribution in [0.4, 0.5) is 0 Å². The lowest BCUT2D eigenvalue weighted by molar-refractivity contribution is 0.156. The van der Waals surface area contributed by atoms with Gasteiger partial charge in [-0.25, -0.2) is 18.1 Å². The molecule has 0 unspecified atom stereocenters. The molecule has 1 fully saturated rings. The van der Waals surface area contributed by atoms with Crippen LogP contribution in [0, 0.1) is 5.92 Å². The van der Waals surface area contributed by atoms with Gasteiger partial charge in [0.25, 0.3) is 5.19 Å². The highest BCUT2D eigenvalue weighted by molar-refractivity contribution is 7.70. The van der Waals surface area contributed by atoms with E-state index < -0.39 is 10.9 Å². The van der Waals surface area contributed by atoms with Crippen LogP contribution in [0.25, 0.3) is 10.3 Å². The monoisotopic (exact) mass is 448 g/mol. The highest BCUT2D eigenvalue weighted by Crippen LogP contribution is 2.30. The molecule has 8 nitrogen and oxygen atoms in total. The van der Waals surface area contributed by atoms with Gasteiger partial charge in [0.1, 0.15) is 18.1 Å². The minimum Gasteiger partial charge on any atom is -0.492 e. The molecule has 0 spiro atoms. The van der Waals surface area contributed by atoms with Crippen molar-refractivity contribution in [3.05, 3.63) is 42.6 Å². The average Bonchev–Trinajstić information content (AvgIpc) is 3.17. The predicted molar refractivity (Wildman–Crippen MR) is 117 cm³/mol. The number of nitrogens with zero attached hydrogens (tertiary/aromatic N) is 3. The number of likely N-dealkylation sites (tertiary alicyclic amines) is 1. The quantitative estimate of drug-likeness (QED) is 0.486. The lowest BCUT2D eigenvalue weighted by Crippen LogP contribution is -2.39. The van der Waals surface area contributed by atoms with Gasteiger partial charge in [-0.3, -0.25) is 4.90 Å². The van der Waals surface area contributed by atoms with Gasteiger partial charge in [0.15, 0.2) is 5.65 Å². The molecule has 1 aliphatic heterocycles. The molecule has 3 aromatic rings. The predicted octanol–water partition coefficient (Wildman–Crippen LogP) is 2.69. The Balaban J connectivity index is 1.19. The zero-order valence-electron chi connectivity index (χ0n) is 16.4. The maximum Gasteiger partial charge on any atom is 0.281 e. The third kappa shape index (κ3) is 5.88. The number of piperidine rings is 1. The summed E-state index contributed by atoms with van der Waals surface area (Å²) >= 11 is 1.46. The summed E-state index contributed by atoms with van der Waals surface area (Å²) in [7, 11) is -2.49. The highest BCUT2D eigenvalue weighted by atomic mass is 32.2. The third-order valence-corrected chi connectivity index (χ3v) is 6.40. The molecule has 4 rings (SSSR count). The van der Waals surface area contributed by atoms with Crippen molar-refractivity contribution in [3.63, 3.8) is 0 Å². The van der Waals surface area contributed by atoms with Crippen molar-refractivity contribution in [1.82, 2.24) is 19.6 Å². The molecule has 0 aliphatic carbocycles. The minimum atomic E-state index is -2.49. The number of hydrogen-bond acceptors (Lipinski definition) is 8. The van der Waals surface area contributed by atoms with Crippen molar-refractivity contribution in [3.8, 4) is 16.7 Å². The van der Waals surface area contributed by atoms with Crippen molar-refractivity contribution in [2.45, 2.75) is 12.8 Å². The molecule has 30 heavy (non-hydrogen) atoms. The smallest absolute Gasteiger partial charge is 0.281 e. The second-order valence-electron chi connectivity index (χ2n) is 7.13. The van der Waals surface area contributed by atoms with E-state index in [1.165, 1.54) is 11.3 Å². The standard InChI is InChI=1S/C20H24N4O4S2/c25-30(26)22-14-15-7-10-24(11-8-15)12-13-27-16-3-5-17(6-4-16)28-20-23-19-18(29-20)2-1-9-21-19/h1-6,9,15,30H,7-8,10-14H2,(H,22,25,26). The maximum atomic E-state index is 10.6. The Morgan fingerprint density at radius 3 is 2.63 bits per heavy atom. The van der Waals surface area contributed by atoms with Gasteiger partial charge >= 0.3 is 0 Å². The normalized spacial score (nSPS) is 15.6. The van der Waals surface area contributed by atoms with E-state index in [-0.39, 0.29) is 0 Å². The summed E-state index contributed by atoms with van der Waals surface area (Å²) in [5, 5.41) is 0.568. The number of thiazole rings is 1. The van der Waals surface area contributed by atoms with Gasteiger partial charge in [-0.05, 0) is 68.2 Å². The van der Waals surface area contributed by atoms with Crippen LogP contribution >= 0.6 is 11.3 Å². The van der Waals surface area contributed by atoms with Gasteiger partial charge in [0.05, 0.1) is 4.70 Å². The zero-order chi connectivity index (χ0) is 20.8. The molecule has 1 aliphatic rings. The molecule has 160 valence electrons. The van der Waals surface area contributed by atoms with Crippen LogP contribution in [-0.2, 0) is 10.9 Å². The van der Waals surface area contributed by atoms with E-state index in [0.29, 0.717) is 35.7 Å². The first-order chi connectivity index (χ1) is 14.7. The first kappa shape index (κ1) is 21.0. The first-order valence-corrected chi connectivity index (χ1v) is 11.9. The van der Waals surface area contributed by atoms with E-state index in [1.54, 1.807) is 6.20 Å². The summed E-state index contributed by atoms with van der Waals surface area (Å²) in [6, 6.07) is 11.4. The summed E-state index contributed by atoms with van der Waals surface area (Å²) in [6.45, 7) is 3.95. The number of nitrogens with one attached hydrogen (secondary N) is 1. The Morgan fingerprint density at radius 1 is 1.13 bits per heavy atom. The SMILES string of the molecule is O=[SH](=O)NCC1CCN(CCOc2ccc(Oc3nc4ncccc4s3)cc2)CC1. The van der Waals surface area contributed by atoms with Crippen LogP contribution in [0.5, 0.6) is 16.7 Å². The molecular weight excluding hydrogens is 424 g/mol. The Morgan fingerprint density at radius 2 is 1.90 bits per heavy atom. The van der Waals surface area contributed by atoms with Crippen LogP contribution in [0.3, 0.4) is 0 Å². The number of aromatic nitrogens is 2. The van der Waals surface area contributed by atoms with E-state index in [2.05, 4.69) is 19.6 Å². The number of benzene rings is 1. The average molecular weight is 449 g/mol. The Labute approximate surface area is 180 Å². The molecular formula is C20H24N4O4S2. The van der Waals surface area contributed by atoms with Gasteiger partial charge in [0.2, 0.25) is 10.9 Å². The second-order valence-corrected chi connectivity index (χ2v) is 8.95. The number of fused-ring (bicyclic) bond motifs is 1. The van der Waals surface area contributed by atoms with E-state index >= 15 is 0 Å². The third-order valence-electron chi connectivity index (χ3n) is 5.07. The largest absolute Gasteiger partial charge is 0.492 e. The van der Waals surface area contributed by atoms with E-state index in [4.69, 9.17) is 9.47 Å². The van der Waals surface area contributed by atoms with E-state index in [0.717, 1.165) is 42.9 Å². The van der Waals surface area contributed by atoms with Gasteiger partial charge < -0.3 is 9.47 Å². The lowest BCUT2D eigenvalue weighted by atomic mass is 9.97. The van der Waals surface area contributed by atoms with Crippen molar-refractivity contribution >= 4 is 32.6 Å². The number of rotatable bonds is 9. The van der Waals surface area contributed by atoms with Crippen LogP contribution < -0.4 is 14.2 Å². The molecule has 0 saturated carbocycles. The number of pyridine rings is 1. The Bertz CT molecular complexity index is 990. The lowest BCUT2D eigenvalue weighted by Gasteiger charge is -2.31. The van der Waals surface area contributed by atoms with Gasteiger partial charge in [-0.2, -0.15) is 4.98 Å². The summed E-state index contributed by atoms with van der Waals surface area (Å²) in [4.78, 5) is 10.9. The maximum absolute atomic E-state index is 10.6. The molecule has 1 N–H and O–H groups in total. The molecule has 0 radical (unpaired) electrons. The summed E-state index contributed by atoms with van der Waals surface area (Å²) < 4.78 is 36.4.